The topological polar surface area (TPSA) is 65.1 Å². The van der Waals surface area contributed by atoms with E-state index in [2.05, 4.69) is 0 Å². The van der Waals surface area contributed by atoms with E-state index in [4.69, 9.17) is 14.2 Å². The molecule has 0 aromatic heterocycles. The summed E-state index contributed by atoms with van der Waals surface area (Å²) >= 11 is 0. The lowest BCUT2D eigenvalue weighted by atomic mass is 9.96. The first-order chi connectivity index (χ1) is 10.2. The number of likely N-dealkylation sites (tertiary alicyclic amines) is 1. The Morgan fingerprint density at radius 1 is 1.27 bits per heavy atom. The zero-order valence-electron chi connectivity index (χ0n) is 14.3. The molecule has 0 aromatic carbocycles. The maximum absolute atomic E-state index is 12.2. The minimum absolute atomic E-state index is 0.319. The fourth-order valence-electron chi connectivity index (χ4n) is 2.06. The predicted molar refractivity (Wildman–Crippen MR) is 82.5 cm³/mol. The van der Waals surface area contributed by atoms with Crippen molar-refractivity contribution in [2.24, 2.45) is 0 Å². The number of nitrogens with zero attached hydrogens (tertiary/aromatic N) is 1. The smallest absolute Gasteiger partial charge is 0.417 e. The van der Waals surface area contributed by atoms with Gasteiger partial charge < -0.3 is 14.2 Å². The van der Waals surface area contributed by atoms with Gasteiger partial charge in [-0.25, -0.2) is 9.69 Å². The van der Waals surface area contributed by atoms with Gasteiger partial charge in [0.1, 0.15) is 5.60 Å². The Kier molecular flexibility index (Phi) is 6.56. The molecular weight excluding hydrogens is 286 g/mol. The Hall–Kier alpha value is -1.40. The van der Waals surface area contributed by atoms with Crippen molar-refractivity contribution in [3.8, 4) is 0 Å². The van der Waals surface area contributed by atoms with E-state index in [0.717, 1.165) is 10.5 Å². The fourth-order valence-corrected chi connectivity index (χ4v) is 2.06. The molecule has 126 valence electrons. The molecule has 0 spiro atoms. The quantitative estimate of drug-likeness (QED) is 0.428. The summed E-state index contributed by atoms with van der Waals surface area (Å²) in [5.74, 6) is -0.367. The van der Waals surface area contributed by atoms with Crippen LogP contribution in [0, 0.1) is 0 Å². The van der Waals surface area contributed by atoms with Crippen molar-refractivity contribution in [1.82, 2.24) is 4.90 Å². The highest BCUT2D eigenvalue weighted by atomic mass is 16.6. The van der Waals surface area contributed by atoms with Gasteiger partial charge in [-0.05, 0) is 41.5 Å². The van der Waals surface area contributed by atoms with Crippen LogP contribution in [0.3, 0.4) is 0 Å². The summed E-state index contributed by atoms with van der Waals surface area (Å²) in [5.41, 5.74) is 0.359. The van der Waals surface area contributed by atoms with E-state index in [0.29, 0.717) is 19.8 Å². The van der Waals surface area contributed by atoms with E-state index in [1.807, 2.05) is 26.8 Å². The highest BCUT2D eigenvalue weighted by Gasteiger charge is 2.52. The van der Waals surface area contributed by atoms with Crippen molar-refractivity contribution in [3.05, 3.63) is 11.6 Å². The number of amides is 2. The third-order valence-corrected chi connectivity index (χ3v) is 2.91. The van der Waals surface area contributed by atoms with E-state index in [1.54, 1.807) is 20.8 Å². The number of ether oxygens (including phenoxy) is 3. The maximum atomic E-state index is 12.2. The molecule has 6 nitrogen and oxygen atoms in total. The largest absolute Gasteiger partial charge is 0.443 e. The molecule has 1 saturated heterocycles. The molecule has 22 heavy (non-hydrogen) atoms. The zero-order chi connectivity index (χ0) is 16.9. The first kappa shape index (κ1) is 18.6. The number of rotatable bonds is 6. The van der Waals surface area contributed by atoms with Gasteiger partial charge in [-0.3, -0.25) is 4.79 Å². The molecule has 0 radical (unpaired) electrons. The van der Waals surface area contributed by atoms with Crippen molar-refractivity contribution in [3.63, 3.8) is 0 Å². The Bertz CT molecular complexity index is 434. The molecule has 6 heteroatoms. The van der Waals surface area contributed by atoms with E-state index in [1.165, 1.54) is 0 Å². The van der Waals surface area contributed by atoms with Crippen LogP contribution in [0.2, 0.25) is 0 Å². The van der Waals surface area contributed by atoms with Crippen molar-refractivity contribution < 1.29 is 23.8 Å². The van der Waals surface area contributed by atoms with Gasteiger partial charge in [-0.2, -0.15) is 0 Å². The average Bonchev–Trinajstić information content (AvgIpc) is 2.35. The summed E-state index contributed by atoms with van der Waals surface area (Å²) in [6.07, 6.45) is 0.559. The van der Waals surface area contributed by atoms with E-state index in [9.17, 15) is 9.59 Å². The van der Waals surface area contributed by atoms with E-state index < -0.39 is 23.8 Å². The summed E-state index contributed by atoms with van der Waals surface area (Å²) in [5, 5.41) is 0. The number of hydrogen-bond donors (Lipinski definition) is 0. The first-order valence-corrected chi connectivity index (χ1v) is 7.57. The van der Waals surface area contributed by atoms with Crippen LogP contribution in [0.5, 0.6) is 0 Å². The number of β-lactam (4-membered cyclic amide) rings is 1. The van der Waals surface area contributed by atoms with E-state index in [-0.39, 0.29) is 5.91 Å². The summed E-state index contributed by atoms with van der Waals surface area (Å²) in [6, 6.07) is -0.422. The summed E-state index contributed by atoms with van der Waals surface area (Å²) in [4.78, 5) is 25.4. The van der Waals surface area contributed by atoms with Gasteiger partial charge in [0.25, 0.3) is 5.91 Å². The third-order valence-electron chi connectivity index (χ3n) is 2.91. The van der Waals surface area contributed by atoms with Crippen LogP contribution >= 0.6 is 0 Å². The molecule has 0 N–H and O–H groups in total. The van der Waals surface area contributed by atoms with Gasteiger partial charge in [-0.15, -0.1) is 0 Å². The highest BCUT2D eigenvalue weighted by Crippen LogP contribution is 2.27. The second kappa shape index (κ2) is 7.74. The third kappa shape index (κ3) is 5.10. The minimum Gasteiger partial charge on any atom is -0.443 e. The Labute approximate surface area is 132 Å². The molecule has 1 aliphatic heterocycles. The number of imide groups is 1. The molecule has 1 fully saturated rings. The van der Waals surface area contributed by atoms with Crippen molar-refractivity contribution in [1.29, 1.82) is 0 Å². The number of carbonyl (C=O) groups is 2. The minimum atomic E-state index is -0.650. The van der Waals surface area contributed by atoms with Crippen molar-refractivity contribution in [2.75, 3.05) is 19.8 Å². The molecule has 1 rings (SSSR count). The normalized spacial score (nSPS) is 21.4. The SMILES string of the molecule is CCOCCO[C@@H]1C(=O)N(C(=O)OC(C)(C)C)[C@@H]1C=C(C)C. The lowest BCUT2D eigenvalue weighted by Gasteiger charge is -2.43. The Morgan fingerprint density at radius 2 is 1.91 bits per heavy atom. The van der Waals surface area contributed by atoms with Gasteiger partial charge >= 0.3 is 6.09 Å². The number of allylic oxidation sites excluding steroid dienone is 1. The number of carbonyl (C=O) groups excluding carboxylic acids is 2. The second-order valence-electron chi connectivity index (χ2n) is 6.41. The average molecular weight is 313 g/mol. The number of hydrogen-bond acceptors (Lipinski definition) is 5. The monoisotopic (exact) mass is 313 g/mol. The van der Waals surface area contributed by atoms with Gasteiger partial charge in [0.05, 0.1) is 19.3 Å². The van der Waals surface area contributed by atoms with Gasteiger partial charge in [0.2, 0.25) is 0 Å². The van der Waals surface area contributed by atoms with E-state index >= 15 is 0 Å². The second-order valence-corrected chi connectivity index (χ2v) is 6.41. The molecule has 2 amide bonds. The molecule has 0 aromatic rings. The summed E-state index contributed by atoms with van der Waals surface area (Å²) in [7, 11) is 0. The zero-order valence-corrected chi connectivity index (χ0v) is 14.3. The van der Waals surface area contributed by atoms with Crippen molar-refractivity contribution in [2.45, 2.75) is 59.3 Å². The highest BCUT2D eigenvalue weighted by molar-refractivity contribution is 6.01. The molecule has 1 heterocycles. The van der Waals surface area contributed by atoms with Gasteiger partial charge in [-0.1, -0.05) is 11.6 Å². The molecular formula is C16H27NO5. The fraction of sp³-hybridized carbons (Fsp3) is 0.750. The van der Waals surface area contributed by atoms with Gasteiger partial charge in [0, 0.05) is 6.61 Å². The standard InChI is InChI=1S/C16H27NO5/c1-7-20-8-9-21-13-12(10-11(2)3)17(14(13)18)15(19)22-16(4,5)6/h10,12-13H,7-9H2,1-6H3/t12-,13+/m1/s1. The van der Waals surface area contributed by atoms with Crippen LogP contribution in [0.1, 0.15) is 41.5 Å². The van der Waals surface area contributed by atoms with Crippen LogP contribution in [0.4, 0.5) is 4.79 Å². The van der Waals surface area contributed by atoms with Crippen LogP contribution < -0.4 is 0 Å². The maximum Gasteiger partial charge on any atom is 0.417 e. The molecule has 2 atom stereocenters. The molecule has 0 unspecified atom stereocenters. The van der Waals surface area contributed by atoms with Crippen molar-refractivity contribution >= 4 is 12.0 Å². The molecule has 1 aliphatic rings. The lowest BCUT2D eigenvalue weighted by molar-refractivity contribution is -0.167. The predicted octanol–water partition coefficient (Wildman–Crippen LogP) is 2.52. The summed E-state index contributed by atoms with van der Waals surface area (Å²) < 4.78 is 16.0. The Morgan fingerprint density at radius 3 is 2.41 bits per heavy atom. The first-order valence-electron chi connectivity index (χ1n) is 7.57. The molecule has 0 aliphatic carbocycles. The molecule has 0 bridgehead atoms. The molecule has 0 saturated carbocycles. The Balaban J connectivity index is 2.72. The van der Waals surface area contributed by atoms with Crippen LogP contribution in [0.15, 0.2) is 11.6 Å². The summed E-state index contributed by atoms with van der Waals surface area (Å²) in [6.45, 7) is 12.4. The van der Waals surface area contributed by atoms with Crippen LogP contribution in [-0.2, 0) is 19.0 Å². The van der Waals surface area contributed by atoms with Crippen LogP contribution in [-0.4, -0.2) is 54.5 Å². The van der Waals surface area contributed by atoms with Crippen LogP contribution in [0.25, 0.3) is 0 Å². The lowest BCUT2D eigenvalue weighted by Crippen LogP contribution is -2.67. The van der Waals surface area contributed by atoms with Gasteiger partial charge in [0.15, 0.2) is 6.10 Å².